The molecule has 0 bridgehead atoms. The van der Waals surface area contributed by atoms with Crippen LogP contribution >= 0.6 is 0 Å². The molecule has 2 aromatic rings. The third-order valence-electron chi connectivity index (χ3n) is 3.05. The molecule has 144 valence electrons. The molecule has 0 unspecified atom stereocenters. The summed E-state index contributed by atoms with van der Waals surface area (Å²) < 4.78 is 10.7. The first-order chi connectivity index (χ1) is 11.9. The van der Waals surface area contributed by atoms with Gasteiger partial charge in [0.05, 0.1) is 22.5 Å². The Morgan fingerprint density at radius 3 is 1.37 bits per heavy atom. The van der Waals surface area contributed by atoms with Crippen molar-refractivity contribution in [3.05, 3.63) is 47.8 Å². The maximum atomic E-state index is 12.2. The Balaban J connectivity index is 0.00000364. The van der Waals surface area contributed by atoms with E-state index in [0.29, 0.717) is 22.5 Å². The first-order valence-corrected chi connectivity index (χ1v) is 8.34. The van der Waals surface area contributed by atoms with E-state index in [0.717, 1.165) is 0 Å². The van der Waals surface area contributed by atoms with E-state index in [-0.39, 0.29) is 19.5 Å². The fourth-order valence-electron chi connectivity index (χ4n) is 2.07. The molecule has 0 spiro atoms. The molecule has 0 saturated carbocycles. The summed E-state index contributed by atoms with van der Waals surface area (Å²) in [5, 5.41) is 0. The standard InChI is InChI=1S/C20H24N2O4.Ru/c1-19(2,3)25-17(23)13-7-9-21-15(11-13)16-12-14(8-10-22-16)18(24)26-20(4,5)6;/h7-12H,1-6H3;/q;+2. The summed E-state index contributed by atoms with van der Waals surface area (Å²) in [6.45, 7) is 10.8. The molecule has 6 nitrogen and oxygen atoms in total. The van der Waals surface area contributed by atoms with Gasteiger partial charge >= 0.3 is 31.4 Å². The van der Waals surface area contributed by atoms with Crippen LogP contribution in [-0.4, -0.2) is 33.1 Å². The van der Waals surface area contributed by atoms with Gasteiger partial charge in [0.15, 0.2) is 0 Å². The van der Waals surface area contributed by atoms with Crippen LogP contribution in [0.25, 0.3) is 11.4 Å². The minimum absolute atomic E-state index is 0. The number of ether oxygens (including phenoxy) is 2. The van der Waals surface area contributed by atoms with Gasteiger partial charge in [-0.2, -0.15) is 0 Å². The summed E-state index contributed by atoms with van der Waals surface area (Å²) in [4.78, 5) is 32.9. The second-order valence-corrected chi connectivity index (χ2v) is 7.86. The number of carbonyl (C=O) groups is 2. The molecule has 0 saturated heterocycles. The van der Waals surface area contributed by atoms with Gasteiger partial charge in [0, 0.05) is 12.4 Å². The van der Waals surface area contributed by atoms with Gasteiger partial charge in [-0.05, 0) is 65.8 Å². The Hall–Kier alpha value is -2.14. The number of esters is 2. The zero-order valence-corrected chi connectivity index (χ0v) is 18.1. The van der Waals surface area contributed by atoms with Crippen molar-refractivity contribution < 1.29 is 38.5 Å². The Morgan fingerprint density at radius 2 is 1.07 bits per heavy atom. The molecule has 0 radical (unpaired) electrons. The first-order valence-electron chi connectivity index (χ1n) is 8.34. The molecule has 0 aliphatic rings. The molecule has 27 heavy (non-hydrogen) atoms. The van der Waals surface area contributed by atoms with E-state index < -0.39 is 23.1 Å². The SMILES string of the molecule is CC(C)(C)OC(=O)c1ccnc(-c2cc(C(=O)OC(C)(C)C)ccn2)c1.[Ru+2]. The van der Waals surface area contributed by atoms with E-state index in [9.17, 15) is 9.59 Å². The first kappa shape index (κ1) is 22.9. The molecule has 0 atom stereocenters. The molecular weight excluding hydrogens is 433 g/mol. The topological polar surface area (TPSA) is 78.4 Å². The largest absolute Gasteiger partial charge is 2.00 e. The number of pyridine rings is 2. The molecule has 0 N–H and O–H groups in total. The van der Waals surface area contributed by atoms with Crippen LogP contribution in [0.1, 0.15) is 62.3 Å². The number of nitrogens with zero attached hydrogens (tertiary/aromatic N) is 2. The van der Waals surface area contributed by atoms with E-state index in [1.165, 1.54) is 12.4 Å². The minimum Gasteiger partial charge on any atom is -0.456 e. The Morgan fingerprint density at radius 1 is 0.741 bits per heavy atom. The van der Waals surface area contributed by atoms with Gasteiger partial charge in [-0.1, -0.05) is 0 Å². The van der Waals surface area contributed by atoms with Gasteiger partial charge in [0.2, 0.25) is 0 Å². The maximum Gasteiger partial charge on any atom is 2.00 e. The summed E-state index contributed by atoms with van der Waals surface area (Å²) in [5.74, 6) is -0.881. The minimum atomic E-state index is -0.588. The molecule has 0 fully saturated rings. The maximum absolute atomic E-state index is 12.2. The quantitative estimate of drug-likeness (QED) is 0.511. The number of aromatic nitrogens is 2. The summed E-state index contributed by atoms with van der Waals surface area (Å²) >= 11 is 0. The van der Waals surface area contributed by atoms with Crippen LogP contribution in [-0.2, 0) is 29.0 Å². The van der Waals surface area contributed by atoms with Gasteiger partial charge < -0.3 is 9.47 Å². The van der Waals surface area contributed by atoms with Gasteiger partial charge in [0.25, 0.3) is 0 Å². The van der Waals surface area contributed by atoms with E-state index in [2.05, 4.69) is 9.97 Å². The van der Waals surface area contributed by atoms with Crippen molar-refractivity contribution >= 4 is 11.9 Å². The third-order valence-corrected chi connectivity index (χ3v) is 3.05. The van der Waals surface area contributed by atoms with Crippen LogP contribution in [0.4, 0.5) is 0 Å². The molecular formula is C20H24N2O4Ru+2. The van der Waals surface area contributed by atoms with Crippen molar-refractivity contribution in [1.82, 2.24) is 9.97 Å². The second kappa shape index (κ2) is 8.70. The Bertz CT molecular complexity index is 754. The van der Waals surface area contributed by atoms with Crippen molar-refractivity contribution in [3.63, 3.8) is 0 Å². The number of carbonyl (C=O) groups excluding carboxylic acids is 2. The monoisotopic (exact) mass is 458 g/mol. The fourth-order valence-corrected chi connectivity index (χ4v) is 2.07. The van der Waals surface area contributed by atoms with Gasteiger partial charge in [-0.25, -0.2) is 9.59 Å². The van der Waals surface area contributed by atoms with Crippen molar-refractivity contribution in [2.24, 2.45) is 0 Å². The fraction of sp³-hybridized carbons (Fsp3) is 0.400. The van der Waals surface area contributed by atoms with E-state index in [1.54, 1.807) is 65.8 Å². The summed E-state index contributed by atoms with van der Waals surface area (Å²) in [5.41, 5.74) is 0.506. The molecule has 2 rings (SSSR count). The Labute approximate surface area is 172 Å². The summed E-state index contributed by atoms with van der Waals surface area (Å²) in [6, 6.07) is 6.34. The molecule has 0 aromatic carbocycles. The molecule has 0 aliphatic heterocycles. The average Bonchev–Trinajstić information content (AvgIpc) is 2.52. The smallest absolute Gasteiger partial charge is 0.456 e. The molecule has 2 aromatic heterocycles. The van der Waals surface area contributed by atoms with Crippen LogP contribution in [0.2, 0.25) is 0 Å². The van der Waals surface area contributed by atoms with Crippen molar-refractivity contribution in [3.8, 4) is 11.4 Å². The summed E-state index contributed by atoms with van der Waals surface area (Å²) in [7, 11) is 0. The normalized spacial score (nSPS) is 11.3. The van der Waals surface area contributed by atoms with Crippen LogP contribution < -0.4 is 0 Å². The zero-order valence-electron chi connectivity index (χ0n) is 16.3. The van der Waals surface area contributed by atoms with E-state index >= 15 is 0 Å². The van der Waals surface area contributed by atoms with Crippen LogP contribution in [0.3, 0.4) is 0 Å². The average molecular weight is 457 g/mol. The number of hydrogen-bond acceptors (Lipinski definition) is 6. The number of hydrogen-bond donors (Lipinski definition) is 0. The molecule has 0 aliphatic carbocycles. The van der Waals surface area contributed by atoms with Crippen molar-refractivity contribution in [1.29, 1.82) is 0 Å². The van der Waals surface area contributed by atoms with Gasteiger partial charge in [0.1, 0.15) is 11.2 Å². The van der Waals surface area contributed by atoms with E-state index in [4.69, 9.17) is 9.47 Å². The molecule has 7 heteroatoms. The van der Waals surface area contributed by atoms with Crippen LogP contribution in [0, 0.1) is 0 Å². The second-order valence-electron chi connectivity index (χ2n) is 7.86. The van der Waals surface area contributed by atoms with E-state index in [1.807, 2.05) is 0 Å². The van der Waals surface area contributed by atoms with Crippen molar-refractivity contribution in [2.75, 3.05) is 0 Å². The van der Waals surface area contributed by atoms with Crippen LogP contribution in [0.15, 0.2) is 36.7 Å². The molecule has 0 amide bonds. The predicted octanol–water partition coefficient (Wildman–Crippen LogP) is 4.05. The molecule has 2 heterocycles. The van der Waals surface area contributed by atoms with Gasteiger partial charge in [-0.3, -0.25) is 9.97 Å². The number of rotatable bonds is 3. The third kappa shape index (κ3) is 7.18. The Kier molecular flexibility index (Phi) is 7.38. The van der Waals surface area contributed by atoms with Crippen LogP contribution in [0.5, 0.6) is 0 Å². The predicted molar refractivity (Wildman–Crippen MR) is 97.8 cm³/mol. The zero-order chi connectivity index (χ0) is 19.5. The van der Waals surface area contributed by atoms with Gasteiger partial charge in [-0.15, -0.1) is 0 Å². The summed E-state index contributed by atoms with van der Waals surface area (Å²) in [6.07, 6.45) is 3.02. The van der Waals surface area contributed by atoms with Crippen molar-refractivity contribution in [2.45, 2.75) is 52.7 Å².